The third-order valence-corrected chi connectivity index (χ3v) is 5.13. The first-order valence-corrected chi connectivity index (χ1v) is 11.4. The van der Waals surface area contributed by atoms with Gasteiger partial charge in [0.2, 0.25) is 0 Å². The molecule has 180 valence electrons. The highest BCUT2D eigenvalue weighted by Crippen LogP contribution is 2.07. The van der Waals surface area contributed by atoms with Gasteiger partial charge in [0.15, 0.2) is 0 Å². The number of rotatable bonds is 8. The molecule has 5 heteroatoms. The van der Waals surface area contributed by atoms with Crippen LogP contribution in [0.1, 0.15) is 22.3 Å². The first kappa shape index (κ1) is 27.2. The van der Waals surface area contributed by atoms with Crippen molar-refractivity contribution in [2.24, 2.45) is 11.1 Å². The highest BCUT2D eigenvalue weighted by Gasteiger charge is 2.05. The topological polar surface area (TPSA) is 95.9 Å². The van der Waals surface area contributed by atoms with Crippen LogP contribution < -0.4 is 5.90 Å². The summed E-state index contributed by atoms with van der Waals surface area (Å²) < 4.78 is 0. The average Bonchev–Trinajstić information content (AvgIpc) is 2.92. The zero-order valence-corrected chi connectivity index (χ0v) is 19.7. The molecule has 0 aromatic heterocycles. The second kappa shape index (κ2) is 16.5. The summed E-state index contributed by atoms with van der Waals surface area (Å²) in [6.45, 7) is 0. The van der Waals surface area contributed by atoms with Crippen molar-refractivity contribution in [3.05, 3.63) is 144 Å². The third-order valence-electron chi connectivity index (χ3n) is 5.13. The first-order valence-electron chi connectivity index (χ1n) is 11.4. The number of benzene rings is 4. The van der Waals surface area contributed by atoms with Crippen LogP contribution in [0.5, 0.6) is 0 Å². The van der Waals surface area contributed by atoms with Crippen LogP contribution in [-0.2, 0) is 30.5 Å². The highest BCUT2D eigenvalue weighted by atomic mass is 16.4. The van der Waals surface area contributed by atoms with Crippen LogP contribution in [0.4, 0.5) is 0 Å². The highest BCUT2D eigenvalue weighted by molar-refractivity contribution is 5.88. The van der Waals surface area contributed by atoms with E-state index in [2.05, 4.69) is 11.1 Å². The maximum absolute atomic E-state index is 11.8. The summed E-state index contributed by atoms with van der Waals surface area (Å²) in [5, 5.41) is 18.9. The first-order chi connectivity index (χ1) is 17.2. The summed E-state index contributed by atoms with van der Waals surface area (Å²) in [7, 11) is 0. The van der Waals surface area contributed by atoms with Crippen LogP contribution in [0, 0.1) is 0 Å². The van der Waals surface area contributed by atoms with Crippen molar-refractivity contribution in [2.75, 3.05) is 0 Å². The molecule has 0 aliphatic rings. The Morgan fingerprint density at radius 2 is 0.771 bits per heavy atom. The molecule has 0 saturated heterocycles. The van der Waals surface area contributed by atoms with Gasteiger partial charge in [0.05, 0.1) is 5.71 Å². The minimum absolute atomic E-state index is 0.261. The molecule has 0 spiro atoms. The van der Waals surface area contributed by atoms with Crippen molar-refractivity contribution in [3.63, 3.8) is 0 Å². The van der Waals surface area contributed by atoms with E-state index in [1.165, 1.54) is 0 Å². The summed E-state index contributed by atoms with van der Waals surface area (Å²) in [6, 6.07) is 39.8. The van der Waals surface area contributed by atoms with Crippen LogP contribution in [-0.4, -0.2) is 21.9 Å². The number of oxime groups is 1. The van der Waals surface area contributed by atoms with Crippen LogP contribution in [0.15, 0.2) is 126 Å². The van der Waals surface area contributed by atoms with Gasteiger partial charge in [0.25, 0.3) is 0 Å². The van der Waals surface area contributed by atoms with E-state index in [9.17, 15) is 4.79 Å². The molecule has 4 aromatic carbocycles. The van der Waals surface area contributed by atoms with Gasteiger partial charge in [-0.3, -0.25) is 4.79 Å². The molecule has 4 N–H and O–H groups in total. The molecule has 0 radical (unpaired) electrons. The van der Waals surface area contributed by atoms with Crippen LogP contribution >= 0.6 is 0 Å². The number of carbonyl (C=O) groups excluding carboxylic acids is 1. The number of hydrogen-bond acceptors (Lipinski definition) is 5. The predicted molar refractivity (Wildman–Crippen MR) is 141 cm³/mol. The Labute approximate surface area is 207 Å². The van der Waals surface area contributed by atoms with Gasteiger partial charge in [-0.25, -0.2) is 5.90 Å². The zero-order chi connectivity index (χ0) is 25.1. The fraction of sp³-hybridized carbons (Fsp3) is 0.133. The third kappa shape index (κ3) is 11.1. The lowest BCUT2D eigenvalue weighted by Crippen LogP contribution is -2.07. The Hall–Kier alpha value is -4.06. The fourth-order valence-corrected chi connectivity index (χ4v) is 3.51. The zero-order valence-electron chi connectivity index (χ0n) is 19.7. The Morgan fingerprint density at radius 3 is 1.03 bits per heavy atom. The van der Waals surface area contributed by atoms with Crippen molar-refractivity contribution in [1.82, 2.24) is 0 Å². The Balaban J connectivity index is 0.000000231. The van der Waals surface area contributed by atoms with E-state index < -0.39 is 0 Å². The van der Waals surface area contributed by atoms with Crippen molar-refractivity contribution in [2.45, 2.75) is 25.7 Å². The lowest BCUT2D eigenvalue weighted by atomic mass is 10.0. The van der Waals surface area contributed by atoms with E-state index in [-0.39, 0.29) is 5.78 Å². The normalized spacial score (nSPS) is 9.54. The molecule has 5 nitrogen and oxygen atoms in total. The molecule has 0 fully saturated rings. The van der Waals surface area contributed by atoms with Crippen molar-refractivity contribution < 1.29 is 15.2 Å². The minimum atomic E-state index is 0.261. The lowest BCUT2D eigenvalue weighted by Gasteiger charge is -2.04. The van der Waals surface area contributed by atoms with Gasteiger partial charge in [0, 0.05) is 25.7 Å². The van der Waals surface area contributed by atoms with E-state index in [4.69, 9.17) is 10.4 Å². The molecule has 0 saturated carbocycles. The smallest absolute Gasteiger partial charge is 0.141 e. The number of hydrogen-bond donors (Lipinski definition) is 3. The minimum Gasteiger partial charge on any atom is -0.411 e. The Morgan fingerprint density at radius 1 is 0.514 bits per heavy atom. The van der Waals surface area contributed by atoms with Gasteiger partial charge in [0.1, 0.15) is 5.78 Å². The van der Waals surface area contributed by atoms with Gasteiger partial charge in [-0.2, -0.15) is 0 Å². The Bertz CT molecular complexity index is 1030. The molecule has 0 aliphatic carbocycles. The second-order valence-electron chi connectivity index (χ2n) is 7.85. The van der Waals surface area contributed by atoms with E-state index in [1.807, 2.05) is 121 Å². The van der Waals surface area contributed by atoms with Crippen molar-refractivity contribution in [1.29, 1.82) is 0 Å². The van der Waals surface area contributed by atoms with Crippen LogP contribution in [0.25, 0.3) is 0 Å². The van der Waals surface area contributed by atoms with E-state index in [1.54, 1.807) is 0 Å². The summed E-state index contributed by atoms with van der Waals surface area (Å²) in [5.74, 6) is 3.76. The van der Waals surface area contributed by atoms with Gasteiger partial charge in [-0.1, -0.05) is 126 Å². The van der Waals surface area contributed by atoms with Crippen molar-refractivity contribution in [3.8, 4) is 0 Å². The molecular weight excluding hydrogens is 436 g/mol. The number of nitrogens with zero attached hydrogens (tertiary/aromatic N) is 1. The van der Waals surface area contributed by atoms with Crippen LogP contribution in [0.3, 0.4) is 0 Å². The lowest BCUT2D eigenvalue weighted by molar-refractivity contribution is -0.117. The molecule has 0 bridgehead atoms. The summed E-state index contributed by atoms with van der Waals surface area (Å²) in [4.78, 5) is 11.8. The van der Waals surface area contributed by atoms with E-state index in [0.29, 0.717) is 25.7 Å². The van der Waals surface area contributed by atoms with E-state index in [0.717, 1.165) is 28.0 Å². The number of ketones is 1. The molecule has 0 amide bonds. The molecular formula is C30H32N2O3. The standard InChI is InChI=1S/C15H15NO.C15H14O.H3NO/c17-16-15(11-13-7-3-1-4-8-13)12-14-9-5-2-6-10-14;16-15(11-13-7-3-1-4-8-13)12-14-9-5-2-6-10-14;1-2/h1-10,17H,11-12H2;1-10H,11-12H2;2H,1H2. The largest absolute Gasteiger partial charge is 0.411 e. The fourth-order valence-electron chi connectivity index (χ4n) is 3.51. The molecule has 0 unspecified atom stereocenters. The van der Waals surface area contributed by atoms with Gasteiger partial charge in [-0.05, 0) is 22.3 Å². The van der Waals surface area contributed by atoms with E-state index >= 15 is 0 Å². The number of carbonyl (C=O) groups is 1. The van der Waals surface area contributed by atoms with Gasteiger partial charge >= 0.3 is 0 Å². The number of Topliss-reactive ketones (excluding diaryl/α,β-unsaturated/α-hetero) is 1. The second-order valence-corrected chi connectivity index (χ2v) is 7.85. The average molecular weight is 469 g/mol. The van der Waals surface area contributed by atoms with Crippen LogP contribution in [0.2, 0.25) is 0 Å². The molecule has 4 rings (SSSR count). The summed E-state index contributed by atoms with van der Waals surface area (Å²) >= 11 is 0. The van der Waals surface area contributed by atoms with Crippen molar-refractivity contribution >= 4 is 11.5 Å². The van der Waals surface area contributed by atoms with Gasteiger partial charge < -0.3 is 10.4 Å². The molecule has 0 aliphatic heterocycles. The maximum Gasteiger partial charge on any atom is 0.141 e. The van der Waals surface area contributed by atoms with Gasteiger partial charge in [-0.15, -0.1) is 0 Å². The molecule has 0 heterocycles. The summed E-state index contributed by atoms with van der Waals surface area (Å²) in [6.07, 6.45) is 2.42. The maximum atomic E-state index is 11.8. The monoisotopic (exact) mass is 468 g/mol. The molecule has 4 aromatic rings. The summed E-state index contributed by atoms with van der Waals surface area (Å²) in [5.41, 5.74) is 5.28. The SMILES string of the molecule is NO.O=C(Cc1ccccc1)Cc1ccccc1.ON=C(Cc1ccccc1)Cc1ccccc1. The quantitative estimate of drug-likeness (QED) is 0.176. The Kier molecular flexibility index (Phi) is 12.8. The number of nitrogens with two attached hydrogens (primary N) is 1. The predicted octanol–water partition coefficient (Wildman–Crippen LogP) is 5.68. The molecule has 35 heavy (non-hydrogen) atoms. The molecule has 0 atom stereocenters.